The lowest BCUT2D eigenvalue weighted by atomic mass is 10.0. The third-order valence-electron chi connectivity index (χ3n) is 4.05. The van der Waals surface area contributed by atoms with Gasteiger partial charge in [-0.3, -0.25) is 14.2 Å². The van der Waals surface area contributed by atoms with Crippen molar-refractivity contribution in [1.82, 2.24) is 9.13 Å². The van der Waals surface area contributed by atoms with Crippen LogP contribution in [0.2, 0.25) is 0 Å². The summed E-state index contributed by atoms with van der Waals surface area (Å²) in [6, 6.07) is 5.59. The van der Waals surface area contributed by atoms with Crippen LogP contribution >= 0.6 is 0 Å². The standard InChI is InChI=1S/C16H16N2O3/c1-17-9-13(15(20)18(2)16(17)21)14(19)12-7-6-10-4-3-5-11(10)8-12/h6-9H,3-5H2,1-2H3. The minimum absolute atomic E-state index is 0.0255. The van der Waals surface area contributed by atoms with E-state index in [-0.39, 0.29) is 11.3 Å². The first-order chi connectivity index (χ1) is 9.99. The highest BCUT2D eigenvalue weighted by atomic mass is 16.2. The molecule has 0 N–H and O–H groups in total. The number of carbonyl (C=O) groups is 1. The van der Waals surface area contributed by atoms with Crippen molar-refractivity contribution < 1.29 is 4.79 Å². The maximum atomic E-state index is 12.6. The van der Waals surface area contributed by atoms with E-state index >= 15 is 0 Å². The summed E-state index contributed by atoms with van der Waals surface area (Å²) in [4.78, 5) is 36.3. The molecule has 1 aliphatic carbocycles. The maximum Gasteiger partial charge on any atom is 0.330 e. The number of fused-ring (bicyclic) bond motifs is 1. The number of hydrogen-bond donors (Lipinski definition) is 0. The summed E-state index contributed by atoms with van der Waals surface area (Å²) in [5.41, 5.74) is 2.00. The third kappa shape index (κ3) is 2.14. The van der Waals surface area contributed by atoms with Gasteiger partial charge in [-0.15, -0.1) is 0 Å². The Kier molecular flexibility index (Phi) is 3.12. The van der Waals surface area contributed by atoms with E-state index in [9.17, 15) is 14.4 Å². The molecule has 3 rings (SSSR count). The number of aryl methyl sites for hydroxylation is 3. The first kappa shape index (κ1) is 13.5. The van der Waals surface area contributed by atoms with Gasteiger partial charge < -0.3 is 4.57 Å². The van der Waals surface area contributed by atoms with Crippen molar-refractivity contribution in [3.05, 3.63) is 67.5 Å². The molecule has 108 valence electrons. The quantitative estimate of drug-likeness (QED) is 0.767. The fourth-order valence-electron chi connectivity index (χ4n) is 2.83. The van der Waals surface area contributed by atoms with Crippen molar-refractivity contribution in [2.24, 2.45) is 14.1 Å². The van der Waals surface area contributed by atoms with Gasteiger partial charge in [0.25, 0.3) is 5.56 Å². The Hall–Kier alpha value is -2.43. The molecule has 5 nitrogen and oxygen atoms in total. The number of rotatable bonds is 2. The van der Waals surface area contributed by atoms with Crippen molar-refractivity contribution in [2.45, 2.75) is 19.3 Å². The van der Waals surface area contributed by atoms with Crippen LogP contribution in [0.5, 0.6) is 0 Å². The fraction of sp³-hybridized carbons (Fsp3) is 0.312. The molecule has 1 aliphatic rings. The molecule has 0 radical (unpaired) electrons. The Morgan fingerprint density at radius 1 is 1.10 bits per heavy atom. The largest absolute Gasteiger partial charge is 0.330 e. The topological polar surface area (TPSA) is 61.1 Å². The van der Waals surface area contributed by atoms with E-state index in [0.717, 1.165) is 23.8 Å². The number of nitrogens with zero attached hydrogens (tertiary/aromatic N) is 2. The van der Waals surface area contributed by atoms with E-state index in [2.05, 4.69) is 0 Å². The lowest BCUT2D eigenvalue weighted by Crippen LogP contribution is -2.39. The van der Waals surface area contributed by atoms with Gasteiger partial charge >= 0.3 is 5.69 Å². The number of hydrogen-bond acceptors (Lipinski definition) is 3. The summed E-state index contributed by atoms with van der Waals surface area (Å²) in [6.07, 6.45) is 4.45. The Bertz CT molecular complexity index is 859. The Labute approximate surface area is 121 Å². The monoisotopic (exact) mass is 284 g/mol. The van der Waals surface area contributed by atoms with Crippen molar-refractivity contribution in [3.8, 4) is 0 Å². The van der Waals surface area contributed by atoms with E-state index in [1.54, 1.807) is 6.07 Å². The van der Waals surface area contributed by atoms with Gasteiger partial charge in [0.15, 0.2) is 5.78 Å². The second kappa shape index (κ2) is 4.84. The van der Waals surface area contributed by atoms with Crippen LogP contribution in [0.1, 0.15) is 33.5 Å². The molecule has 0 spiro atoms. The van der Waals surface area contributed by atoms with Crippen LogP contribution in [0.4, 0.5) is 0 Å². The van der Waals surface area contributed by atoms with E-state index in [1.165, 1.54) is 36.0 Å². The molecule has 0 aliphatic heterocycles. The minimum atomic E-state index is -0.552. The van der Waals surface area contributed by atoms with Crippen LogP contribution in [-0.4, -0.2) is 14.9 Å². The lowest BCUT2D eigenvalue weighted by Gasteiger charge is -2.07. The predicted molar refractivity (Wildman–Crippen MR) is 78.8 cm³/mol. The molecule has 0 amide bonds. The summed E-state index contributed by atoms with van der Waals surface area (Å²) in [7, 11) is 2.91. The van der Waals surface area contributed by atoms with Crippen molar-refractivity contribution in [1.29, 1.82) is 0 Å². The van der Waals surface area contributed by atoms with E-state index in [0.29, 0.717) is 5.56 Å². The van der Waals surface area contributed by atoms with Crippen LogP contribution in [-0.2, 0) is 26.9 Å². The number of carbonyl (C=O) groups excluding carboxylic acids is 1. The Balaban J connectivity index is 2.11. The lowest BCUT2D eigenvalue weighted by molar-refractivity contribution is 0.103. The molecule has 0 bridgehead atoms. The van der Waals surface area contributed by atoms with Crippen molar-refractivity contribution >= 4 is 5.78 Å². The number of benzene rings is 1. The highest BCUT2D eigenvalue weighted by molar-refractivity contribution is 6.08. The molecule has 1 heterocycles. The van der Waals surface area contributed by atoms with Crippen molar-refractivity contribution in [2.75, 3.05) is 0 Å². The van der Waals surface area contributed by atoms with Gasteiger partial charge in [-0.25, -0.2) is 4.79 Å². The van der Waals surface area contributed by atoms with Crippen molar-refractivity contribution in [3.63, 3.8) is 0 Å². The molecule has 5 heteroatoms. The third-order valence-corrected chi connectivity index (χ3v) is 4.05. The normalized spacial score (nSPS) is 13.2. The minimum Gasteiger partial charge on any atom is -0.303 e. The Morgan fingerprint density at radius 3 is 2.57 bits per heavy atom. The molecular formula is C16H16N2O3. The molecule has 1 aromatic carbocycles. The predicted octanol–water partition coefficient (Wildman–Crippen LogP) is 0.804. The molecule has 0 unspecified atom stereocenters. The van der Waals surface area contributed by atoms with Crippen LogP contribution in [0.15, 0.2) is 34.0 Å². The van der Waals surface area contributed by atoms with Gasteiger partial charge in [-0.1, -0.05) is 12.1 Å². The molecule has 21 heavy (non-hydrogen) atoms. The van der Waals surface area contributed by atoms with Gasteiger partial charge in [0.2, 0.25) is 0 Å². The zero-order chi connectivity index (χ0) is 15.1. The first-order valence-corrected chi connectivity index (χ1v) is 6.92. The molecule has 2 aromatic rings. The van der Waals surface area contributed by atoms with Gasteiger partial charge in [-0.05, 0) is 36.5 Å². The SMILES string of the molecule is Cn1cc(C(=O)c2ccc3c(c2)CCC3)c(=O)n(C)c1=O. The summed E-state index contributed by atoms with van der Waals surface area (Å²) in [5.74, 6) is -0.332. The van der Waals surface area contributed by atoms with Gasteiger partial charge in [-0.2, -0.15) is 0 Å². The van der Waals surface area contributed by atoms with Gasteiger partial charge in [0, 0.05) is 25.9 Å². The summed E-state index contributed by atoms with van der Waals surface area (Å²) in [6.45, 7) is 0. The average molecular weight is 284 g/mol. The summed E-state index contributed by atoms with van der Waals surface area (Å²) >= 11 is 0. The zero-order valence-corrected chi connectivity index (χ0v) is 12.0. The van der Waals surface area contributed by atoms with Crippen LogP contribution in [0.25, 0.3) is 0 Å². The number of ketones is 1. The molecule has 0 saturated heterocycles. The second-order valence-corrected chi connectivity index (χ2v) is 5.47. The second-order valence-electron chi connectivity index (χ2n) is 5.47. The van der Waals surface area contributed by atoms with Crippen LogP contribution < -0.4 is 11.2 Å². The van der Waals surface area contributed by atoms with E-state index in [4.69, 9.17) is 0 Å². The van der Waals surface area contributed by atoms with Crippen LogP contribution in [0.3, 0.4) is 0 Å². The fourth-order valence-corrected chi connectivity index (χ4v) is 2.83. The van der Waals surface area contributed by atoms with Gasteiger partial charge in [0.1, 0.15) is 5.56 Å². The van der Waals surface area contributed by atoms with E-state index in [1.807, 2.05) is 12.1 Å². The van der Waals surface area contributed by atoms with Gasteiger partial charge in [0.05, 0.1) is 0 Å². The van der Waals surface area contributed by atoms with E-state index < -0.39 is 11.2 Å². The van der Waals surface area contributed by atoms with Crippen LogP contribution in [0, 0.1) is 0 Å². The maximum absolute atomic E-state index is 12.6. The smallest absolute Gasteiger partial charge is 0.303 e. The summed E-state index contributed by atoms with van der Waals surface area (Å²) in [5, 5.41) is 0. The zero-order valence-electron chi connectivity index (χ0n) is 12.0. The first-order valence-electron chi connectivity index (χ1n) is 6.92. The molecule has 1 aromatic heterocycles. The number of aromatic nitrogens is 2. The Morgan fingerprint density at radius 2 is 1.81 bits per heavy atom. The molecule has 0 atom stereocenters. The molecule has 0 saturated carbocycles. The molecule has 0 fully saturated rings. The highest BCUT2D eigenvalue weighted by Gasteiger charge is 2.19. The summed E-state index contributed by atoms with van der Waals surface area (Å²) < 4.78 is 2.21. The highest BCUT2D eigenvalue weighted by Crippen LogP contribution is 2.23. The average Bonchev–Trinajstić information content (AvgIpc) is 2.95. The molecular weight excluding hydrogens is 268 g/mol.